The van der Waals surface area contributed by atoms with Gasteiger partial charge < -0.3 is 20.2 Å². The van der Waals surface area contributed by atoms with Gasteiger partial charge in [0, 0.05) is 11.1 Å². The molecule has 1 fully saturated rings. The summed E-state index contributed by atoms with van der Waals surface area (Å²) in [5, 5.41) is 30.2. The third-order valence-electron chi connectivity index (χ3n) is 8.76. The lowest BCUT2D eigenvalue weighted by atomic mass is 9.73. The summed E-state index contributed by atoms with van der Waals surface area (Å²) in [6, 6.07) is 22.0. The van der Waals surface area contributed by atoms with Crippen LogP contribution in [-0.4, -0.2) is 46.3 Å². The second kappa shape index (κ2) is 16.2. The minimum atomic E-state index is -0.942. The lowest BCUT2D eigenvalue weighted by Gasteiger charge is -2.29. The van der Waals surface area contributed by atoms with Crippen LogP contribution in [0.25, 0.3) is 10.8 Å². The molecule has 0 bridgehead atoms. The molecular weight excluding hydrogens is 542 g/mol. The van der Waals surface area contributed by atoms with Crippen molar-refractivity contribution in [1.29, 1.82) is 0 Å². The highest BCUT2D eigenvalue weighted by Crippen LogP contribution is 2.44. The molecule has 0 amide bonds. The Morgan fingerprint density at radius 3 is 2.07 bits per heavy atom. The van der Waals surface area contributed by atoms with Crippen molar-refractivity contribution in [2.24, 2.45) is 17.3 Å². The van der Waals surface area contributed by atoms with E-state index in [-0.39, 0.29) is 19.1 Å². The van der Waals surface area contributed by atoms with Crippen LogP contribution in [0.4, 0.5) is 5.69 Å². The van der Waals surface area contributed by atoms with Gasteiger partial charge in [0.1, 0.15) is 19.1 Å². The number of aliphatic hydroxyl groups is 1. The molecule has 3 aromatic rings. The van der Waals surface area contributed by atoms with Crippen molar-refractivity contribution >= 4 is 34.2 Å². The average Bonchev–Trinajstić information content (AvgIpc) is 3.47. The largest absolute Gasteiger partial charge is 0.481 e. The Kier molecular flexibility index (Phi) is 12.7. The van der Waals surface area contributed by atoms with E-state index in [1.54, 1.807) is 6.92 Å². The smallest absolute Gasteiger partial charge is 0.323 e. The average molecular weight is 590 g/mol. The number of hydrogen-bond acceptors (Lipinski definition) is 5. The molecule has 0 saturated heterocycles. The summed E-state index contributed by atoms with van der Waals surface area (Å²) in [6.45, 7) is 5.47. The van der Waals surface area contributed by atoms with Crippen LogP contribution in [0.1, 0.15) is 76.8 Å². The molecule has 0 heterocycles. The minimum Gasteiger partial charge on any atom is -0.481 e. The summed E-state index contributed by atoms with van der Waals surface area (Å²) < 4.78 is 0. The van der Waals surface area contributed by atoms with Crippen LogP contribution in [0.3, 0.4) is 0 Å². The molecule has 1 aliphatic carbocycles. The van der Waals surface area contributed by atoms with E-state index in [1.165, 1.54) is 21.2 Å². The van der Waals surface area contributed by atoms with E-state index in [1.807, 2.05) is 42.5 Å². The first kappa shape index (κ1) is 33.8. The maximum absolute atomic E-state index is 12.2. The second-order valence-electron chi connectivity index (χ2n) is 12.3. The standard InChI is InChI=1S/C22H26O3.C14H21NO3/c1-16(23)22(13-4-5-14-22)15-19(21(24)25)12-11-18-9-6-8-17-7-2-3-10-20(17)18;1-11(2)7-8-12-5-3-4-6-13(12)15(10-16)9-14(17)18/h2-3,6-10,19H,4-5,11-15H2,1H3,(H,24,25);3-6,11,16H,7-10H2,1-2H3,(H,17,18). The van der Waals surface area contributed by atoms with Crippen molar-refractivity contribution in [1.82, 2.24) is 0 Å². The van der Waals surface area contributed by atoms with E-state index in [2.05, 4.69) is 38.1 Å². The third-order valence-corrected chi connectivity index (χ3v) is 8.76. The number of aliphatic carboxylic acids is 2. The predicted octanol–water partition coefficient (Wildman–Crippen LogP) is 7.13. The number of carboxylic acids is 2. The van der Waals surface area contributed by atoms with Gasteiger partial charge >= 0.3 is 11.9 Å². The van der Waals surface area contributed by atoms with E-state index in [0.717, 1.165) is 56.2 Å². The minimum absolute atomic E-state index is 0.168. The molecule has 0 aromatic heterocycles. The van der Waals surface area contributed by atoms with Crippen LogP contribution in [0.15, 0.2) is 66.7 Å². The van der Waals surface area contributed by atoms with Gasteiger partial charge in [0.05, 0.1) is 5.92 Å². The predicted molar refractivity (Wildman–Crippen MR) is 171 cm³/mol. The van der Waals surface area contributed by atoms with Crippen molar-refractivity contribution in [3.05, 3.63) is 77.9 Å². The topological polar surface area (TPSA) is 115 Å². The number of para-hydroxylation sites is 1. The number of anilines is 1. The van der Waals surface area contributed by atoms with Crippen LogP contribution in [-0.2, 0) is 27.2 Å². The highest BCUT2D eigenvalue weighted by molar-refractivity contribution is 5.86. The van der Waals surface area contributed by atoms with Gasteiger partial charge in [-0.2, -0.15) is 0 Å². The summed E-state index contributed by atoms with van der Waals surface area (Å²) >= 11 is 0. The lowest BCUT2D eigenvalue weighted by molar-refractivity contribution is -0.144. The Labute approximate surface area is 255 Å². The van der Waals surface area contributed by atoms with Crippen molar-refractivity contribution in [2.45, 2.75) is 78.6 Å². The van der Waals surface area contributed by atoms with Crippen molar-refractivity contribution in [3.8, 4) is 0 Å². The molecular formula is C36H47NO6. The van der Waals surface area contributed by atoms with E-state index in [0.29, 0.717) is 18.8 Å². The fraction of sp³-hybridized carbons (Fsp3) is 0.472. The summed E-state index contributed by atoms with van der Waals surface area (Å²) in [4.78, 5) is 36.2. The molecule has 7 heteroatoms. The number of aryl methyl sites for hydroxylation is 2. The highest BCUT2D eigenvalue weighted by Gasteiger charge is 2.41. The maximum atomic E-state index is 12.2. The van der Waals surface area contributed by atoms with E-state index in [4.69, 9.17) is 5.11 Å². The zero-order valence-corrected chi connectivity index (χ0v) is 25.8. The first-order chi connectivity index (χ1) is 20.6. The quantitative estimate of drug-likeness (QED) is 0.171. The van der Waals surface area contributed by atoms with Crippen LogP contribution in [0.2, 0.25) is 0 Å². The molecule has 43 heavy (non-hydrogen) atoms. The van der Waals surface area contributed by atoms with Gasteiger partial charge in [-0.15, -0.1) is 0 Å². The zero-order chi connectivity index (χ0) is 31.4. The van der Waals surface area contributed by atoms with Crippen LogP contribution in [0.5, 0.6) is 0 Å². The number of ketones is 1. The monoisotopic (exact) mass is 589 g/mol. The Morgan fingerprint density at radius 1 is 0.837 bits per heavy atom. The number of carbonyl (C=O) groups is 3. The zero-order valence-electron chi connectivity index (χ0n) is 25.8. The molecule has 0 radical (unpaired) electrons. The molecule has 3 aromatic carbocycles. The fourth-order valence-electron chi connectivity index (χ4n) is 6.23. The van der Waals surface area contributed by atoms with E-state index >= 15 is 0 Å². The number of carboxylic acid groups (broad SMARTS) is 2. The molecule has 1 saturated carbocycles. The molecule has 0 aliphatic heterocycles. The van der Waals surface area contributed by atoms with Gasteiger partial charge in [-0.3, -0.25) is 14.4 Å². The summed E-state index contributed by atoms with van der Waals surface area (Å²) in [5.41, 5.74) is 2.68. The molecule has 1 atom stereocenters. The summed E-state index contributed by atoms with van der Waals surface area (Å²) in [6.07, 6.45) is 7.51. The molecule has 7 nitrogen and oxygen atoms in total. The molecule has 232 valence electrons. The Balaban J connectivity index is 0.000000250. The molecule has 1 unspecified atom stereocenters. The Morgan fingerprint density at radius 2 is 1.44 bits per heavy atom. The lowest BCUT2D eigenvalue weighted by Crippen LogP contribution is -2.31. The maximum Gasteiger partial charge on any atom is 0.323 e. The first-order valence-electron chi connectivity index (χ1n) is 15.4. The molecule has 3 N–H and O–H groups in total. The van der Waals surface area contributed by atoms with Crippen LogP contribution in [0, 0.1) is 17.3 Å². The Bertz CT molecular complexity index is 1360. The molecule has 1 aliphatic rings. The second-order valence-corrected chi connectivity index (χ2v) is 12.3. The number of hydrogen-bond donors (Lipinski definition) is 3. The molecule has 4 rings (SSSR count). The van der Waals surface area contributed by atoms with Gasteiger partial charge in [-0.1, -0.05) is 87.4 Å². The highest BCUT2D eigenvalue weighted by atomic mass is 16.4. The summed E-state index contributed by atoms with van der Waals surface area (Å²) in [5.74, 6) is -1.40. The van der Waals surface area contributed by atoms with E-state index < -0.39 is 23.3 Å². The number of fused-ring (bicyclic) bond motifs is 1. The van der Waals surface area contributed by atoms with Crippen LogP contribution >= 0.6 is 0 Å². The van der Waals surface area contributed by atoms with Gasteiger partial charge in [0.2, 0.25) is 0 Å². The number of nitrogens with zero attached hydrogens (tertiary/aromatic N) is 1. The van der Waals surface area contributed by atoms with Crippen molar-refractivity contribution in [3.63, 3.8) is 0 Å². The van der Waals surface area contributed by atoms with Gasteiger partial charge in [0.25, 0.3) is 0 Å². The number of Topliss-reactive ketones (excluding diaryl/α,β-unsaturated/α-hetero) is 1. The van der Waals surface area contributed by atoms with Crippen molar-refractivity contribution in [2.75, 3.05) is 18.2 Å². The third kappa shape index (κ3) is 9.65. The normalized spacial score (nSPS) is 14.6. The number of carbonyl (C=O) groups excluding carboxylic acids is 1. The number of aliphatic hydroxyl groups excluding tert-OH is 1. The van der Waals surface area contributed by atoms with Gasteiger partial charge in [0.15, 0.2) is 0 Å². The summed E-state index contributed by atoms with van der Waals surface area (Å²) in [7, 11) is 0. The SMILES string of the molecule is CC(=O)C1(CC(CCc2cccc3ccccc23)C(=O)O)CCCC1.CC(C)CCc1ccccc1N(CO)CC(=O)O. The Hall–Kier alpha value is -3.71. The molecule has 0 spiro atoms. The number of benzene rings is 3. The number of rotatable bonds is 14. The van der Waals surface area contributed by atoms with E-state index in [9.17, 15) is 24.6 Å². The van der Waals surface area contributed by atoms with Crippen molar-refractivity contribution < 1.29 is 29.7 Å². The van der Waals surface area contributed by atoms with Gasteiger partial charge in [-0.25, -0.2) is 0 Å². The first-order valence-corrected chi connectivity index (χ1v) is 15.4. The fourth-order valence-corrected chi connectivity index (χ4v) is 6.23. The van der Waals surface area contributed by atoms with Gasteiger partial charge in [-0.05, 0) is 85.8 Å². The van der Waals surface area contributed by atoms with Crippen LogP contribution < -0.4 is 4.90 Å².